The van der Waals surface area contributed by atoms with Gasteiger partial charge in [0.1, 0.15) is 5.69 Å². The Labute approximate surface area is 123 Å². The molecular formula is C16H19N5. The molecule has 1 aromatic carbocycles. The van der Waals surface area contributed by atoms with Crippen LogP contribution in [0.15, 0.2) is 36.5 Å². The molecule has 0 spiro atoms. The first-order chi connectivity index (χ1) is 10.3. The molecule has 3 aromatic rings. The molecule has 0 fully saturated rings. The Morgan fingerprint density at radius 1 is 1.19 bits per heavy atom. The van der Waals surface area contributed by atoms with Gasteiger partial charge in [-0.15, -0.1) is 5.10 Å². The average Bonchev–Trinajstić information content (AvgIpc) is 2.97. The molecule has 0 radical (unpaired) electrons. The number of hydrogen-bond acceptors (Lipinski definition) is 4. The Bertz CT molecular complexity index is 757. The van der Waals surface area contributed by atoms with E-state index < -0.39 is 0 Å². The number of hydrogen-bond donors (Lipinski definition) is 1. The largest absolute Gasteiger partial charge is 0.323 e. The monoisotopic (exact) mass is 281 g/mol. The fraction of sp³-hybridized carbons (Fsp3) is 0.312. The minimum Gasteiger partial charge on any atom is -0.323 e. The van der Waals surface area contributed by atoms with Gasteiger partial charge < -0.3 is 5.73 Å². The van der Waals surface area contributed by atoms with Gasteiger partial charge in [0.25, 0.3) is 0 Å². The molecule has 0 aliphatic carbocycles. The Morgan fingerprint density at radius 2 is 2.05 bits per heavy atom. The molecule has 0 bridgehead atoms. The van der Waals surface area contributed by atoms with E-state index in [9.17, 15) is 0 Å². The maximum atomic E-state index is 6.15. The molecule has 0 amide bonds. The fourth-order valence-electron chi connectivity index (χ4n) is 2.59. The van der Waals surface area contributed by atoms with Crippen LogP contribution in [0.25, 0.3) is 16.6 Å². The van der Waals surface area contributed by atoms with Crippen LogP contribution in [0.5, 0.6) is 0 Å². The number of rotatable bonds is 4. The topological polar surface area (TPSA) is 69.6 Å². The van der Waals surface area contributed by atoms with E-state index in [1.54, 1.807) is 6.20 Å². The highest BCUT2D eigenvalue weighted by Crippen LogP contribution is 2.24. The van der Waals surface area contributed by atoms with Crippen molar-refractivity contribution in [3.8, 4) is 5.69 Å². The van der Waals surface area contributed by atoms with Crippen molar-refractivity contribution in [3.63, 3.8) is 0 Å². The van der Waals surface area contributed by atoms with Crippen molar-refractivity contribution >= 4 is 10.9 Å². The summed E-state index contributed by atoms with van der Waals surface area (Å²) in [5, 5.41) is 9.71. The number of aromatic nitrogens is 4. The first kappa shape index (κ1) is 13.7. The average molecular weight is 281 g/mol. The summed E-state index contributed by atoms with van der Waals surface area (Å²) in [6.45, 7) is 4.16. The van der Waals surface area contributed by atoms with Gasteiger partial charge in [0.05, 0.1) is 22.9 Å². The van der Waals surface area contributed by atoms with E-state index in [-0.39, 0.29) is 6.04 Å². The molecule has 108 valence electrons. The Hall–Kier alpha value is -2.27. The number of fused-ring (bicyclic) bond motifs is 1. The van der Waals surface area contributed by atoms with E-state index in [4.69, 9.17) is 5.73 Å². The summed E-state index contributed by atoms with van der Waals surface area (Å²) in [7, 11) is 0. The van der Waals surface area contributed by atoms with Gasteiger partial charge in [-0.1, -0.05) is 25.1 Å². The van der Waals surface area contributed by atoms with Crippen LogP contribution in [-0.2, 0) is 6.42 Å². The molecule has 2 N–H and O–H groups in total. The van der Waals surface area contributed by atoms with Gasteiger partial charge in [-0.05, 0) is 37.1 Å². The van der Waals surface area contributed by atoms with Gasteiger partial charge in [0, 0.05) is 11.6 Å². The van der Waals surface area contributed by atoms with Crippen molar-refractivity contribution in [2.75, 3.05) is 0 Å². The number of nitrogens with zero attached hydrogens (tertiary/aromatic N) is 4. The first-order valence-corrected chi connectivity index (χ1v) is 7.30. The van der Waals surface area contributed by atoms with E-state index in [0.717, 1.165) is 40.8 Å². The number of pyridine rings is 1. The van der Waals surface area contributed by atoms with E-state index in [1.165, 1.54) is 0 Å². The second-order valence-electron chi connectivity index (χ2n) is 5.05. The third-order valence-corrected chi connectivity index (χ3v) is 3.77. The van der Waals surface area contributed by atoms with E-state index in [1.807, 2.05) is 28.9 Å². The molecular weight excluding hydrogens is 262 g/mol. The summed E-state index contributed by atoms with van der Waals surface area (Å²) in [5.41, 5.74) is 10.1. The molecule has 0 saturated heterocycles. The van der Waals surface area contributed by atoms with Crippen molar-refractivity contribution in [1.82, 2.24) is 20.0 Å². The van der Waals surface area contributed by atoms with Crippen molar-refractivity contribution < 1.29 is 0 Å². The molecule has 1 atom stereocenters. The van der Waals surface area contributed by atoms with Crippen LogP contribution in [-0.4, -0.2) is 20.0 Å². The van der Waals surface area contributed by atoms with Crippen LogP contribution in [0.1, 0.15) is 37.7 Å². The predicted octanol–water partition coefficient (Wildman–Crippen LogP) is 2.79. The normalized spacial score (nSPS) is 12.7. The minimum absolute atomic E-state index is 0.0678. The SMILES string of the molecule is CCc1c(C(N)CC)nnn1-c1cccc2ncccc12. The zero-order valence-electron chi connectivity index (χ0n) is 12.3. The third-order valence-electron chi connectivity index (χ3n) is 3.77. The number of nitrogens with two attached hydrogens (primary N) is 1. The van der Waals surface area contributed by atoms with Crippen molar-refractivity contribution in [2.45, 2.75) is 32.7 Å². The summed E-state index contributed by atoms with van der Waals surface area (Å²) in [6, 6.07) is 9.96. The summed E-state index contributed by atoms with van der Waals surface area (Å²) >= 11 is 0. The highest BCUT2D eigenvalue weighted by Gasteiger charge is 2.18. The highest BCUT2D eigenvalue weighted by atomic mass is 15.4. The zero-order valence-corrected chi connectivity index (χ0v) is 12.3. The lowest BCUT2D eigenvalue weighted by Crippen LogP contribution is -2.12. The summed E-state index contributed by atoms with van der Waals surface area (Å²) in [4.78, 5) is 4.39. The van der Waals surface area contributed by atoms with Crippen molar-refractivity contribution in [1.29, 1.82) is 0 Å². The molecule has 0 aliphatic heterocycles. The zero-order chi connectivity index (χ0) is 14.8. The van der Waals surface area contributed by atoms with Crippen LogP contribution in [0.4, 0.5) is 0 Å². The van der Waals surface area contributed by atoms with Crippen LogP contribution in [0.3, 0.4) is 0 Å². The first-order valence-electron chi connectivity index (χ1n) is 7.30. The fourth-order valence-corrected chi connectivity index (χ4v) is 2.59. The molecule has 1 unspecified atom stereocenters. The molecule has 2 aromatic heterocycles. The lowest BCUT2D eigenvalue weighted by molar-refractivity contribution is 0.665. The van der Waals surface area contributed by atoms with E-state index >= 15 is 0 Å². The second-order valence-corrected chi connectivity index (χ2v) is 5.05. The maximum Gasteiger partial charge on any atom is 0.103 e. The quantitative estimate of drug-likeness (QED) is 0.798. The summed E-state index contributed by atoms with van der Waals surface area (Å²) < 4.78 is 1.90. The van der Waals surface area contributed by atoms with Crippen molar-refractivity contribution in [3.05, 3.63) is 47.9 Å². The Morgan fingerprint density at radius 3 is 2.81 bits per heavy atom. The molecule has 2 heterocycles. The van der Waals surface area contributed by atoms with Crippen LogP contribution >= 0.6 is 0 Å². The van der Waals surface area contributed by atoms with Gasteiger partial charge in [0.15, 0.2) is 0 Å². The maximum absolute atomic E-state index is 6.15. The van der Waals surface area contributed by atoms with E-state index in [0.29, 0.717) is 0 Å². The Kier molecular flexibility index (Phi) is 3.66. The number of benzene rings is 1. The molecule has 21 heavy (non-hydrogen) atoms. The predicted molar refractivity (Wildman–Crippen MR) is 83.3 cm³/mol. The minimum atomic E-state index is -0.0678. The lowest BCUT2D eigenvalue weighted by Gasteiger charge is -2.11. The molecule has 0 aliphatic rings. The highest BCUT2D eigenvalue weighted by molar-refractivity contribution is 5.86. The third kappa shape index (κ3) is 2.29. The second kappa shape index (κ2) is 5.61. The van der Waals surface area contributed by atoms with Gasteiger partial charge >= 0.3 is 0 Å². The van der Waals surface area contributed by atoms with Crippen LogP contribution in [0.2, 0.25) is 0 Å². The molecule has 3 rings (SSSR count). The molecule has 5 heteroatoms. The summed E-state index contributed by atoms with van der Waals surface area (Å²) in [5.74, 6) is 0. The molecule has 5 nitrogen and oxygen atoms in total. The molecule has 0 saturated carbocycles. The van der Waals surface area contributed by atoms with Gasteiger partial charge in [-0.2, -0.15) is 0 Å². The van der Waals surface area contributed by atoms with Crippen LogP contribution < -0.4 is 5.73 Å². The van der Waals surface area contributed by atoms with Crippen molar-refractivity contribution in [2.24, 2.45) is 5.73 Å². The Balaban J connectivity index is 2.22. The standard InChI is InChI=1S/C16H19N5/c1-3-12(17)16-14(4-2)21(20-19-16)15-9-5-8-13-11(15)7-6-10-18-13/h5-10,12H,3-4,17H2,1-2H3. The van der Waals surface area contributed by atoms with Gasteiger partial charge in [-0.3, -0.25) is 4.98 Å². The van der Waals surface area contributed by atoms with Gasteiger partial charge in [0.2, 0.25) is 0 Å². The van der Waals surface area contributed by atoms with Gasteiger partial charge in [-0.25, -0.2) is 4.68 Å². The lowest BCUT2D eigenvalue weighted by atomic mass is 10.1. The smallest absolute Gasteiger partial charge is 0.103 e. The van der Waals surface area contributed by atoms with E-state index in [2.05, 4.69) is 35.2 Å². The summed E-state index contributed by atoms with van der Waals surface area (Å²) in [6.07, 6.45) is 3.49. The van der Waals surface area contributed by atoms with Crippen LogP contribution in [0, 0.1) is 0 Å².